The van der Waals surface area contributed by atoms with Gasteiger partial charge in [0, 0.05) is 22.0 Å². The molecule has 2 heterocycles. The Balaban J connectivity index is 1.69. The summed E-state index contributed by atoms with van der Waals surface area (Å²) in [6.45, 7) is 2.73. The molecule has 2 aromatic rings. The van der Waals surface area contributed by atoms with Crippen molar-refractivity contribution in [3.8, 4) is 11.5 Å². The number of fused-ring (bicyclic) bond motifs is 4. The molecule has 4 rings (SSSR count). The Morgan fingerprint density at radius 3 is 2.96 bits per heavy atom. The van der Waals surface area contributed by atoms with Crippen LogP contribution in [-0.2, 0) is 6.54 Å². The maximum atomic E-state index is 6.41. The van der Waals surface area contributed by atoms with Gasteiger partial charge in [-0.05, 0) is 43.4 Å². The summed E-state index contributed by atoms with van der Waals surface area (Å²) in [6, 6.07) is 14.3. The zero-order chi connectivity index (χ0) is 17.6. The van der Waals surface area contributed by atoms with Gasteiger partial charge >= 0.3 is 0 Å². The molecule has 2 atom stereocenters. The number of rotatable bonds is 3. The molecule has 1 saturated heterocycles. The highest BCUT2D eigenvalue weighted by molar-refractivity contribution is 9.10. The SMILES string of the molecule is COc1ccccc1CN1C(=S)N[C@H]2C[C@@]1(C)Oc1ccc(Br)cc12. The van der Waals surface area contributed by atoms with E-state index >= 15 is 0 Å². The molecule has 0 aromatic heterocycles. The molecule has 4 nitrogen and oxygen atoms in total. The average molecular weight is 419 g/mol. The minimum atomic E-state index is -0.491. The van der Waals surface area contributed by atoms with Gasteiger partial charge in [0.1, 0.15) is 11.5 Å². The molecule has 0 radical (unpaired) electrons. The number of hydrogen-bond donors (Lipinski definition) is 1. The van der Waals surface area contributed by atoms with E-state index in [0.717, 1.165) is 33.5 Å². The molecule has 6 heteroatoms. The number of para-hydroxylation sites is 1. The predicted octanol–water partition coefficient (Wildman–Crippen LogP) is 4.39. The monoisotopic (exact) mass is 418 g/mol. The lowest BCUT2D eigenvalue weighted by molar-refractivity contribution is -0.0724. The van der Waals surface area contributed by atoms with Gasteiger partial charge in [-0.15, -0.1) is 0 Å². The highest BCUT2D eigenvalue weighted by Gasteiger charge is 2.47. The molecule has 25 heavy (non-hydrogen) atoms. The molecule has 0 spiro atoms. The number of methoxy groups -OCH3 is 1. The van der Waals surface area contributed by atoms with Crippen LogP contribution in [0.5, 0.6) is 11.5 Å². The molecule has 1 N–H and O–H groups in total. The summed E-state index contributed by atoms with van der Waals surface area (Å²) in [5.74, 6) is 1.76. The van der Waals surface area contributed by atoms with Crippen molar-refractivity contribution in [3.63, 3.8) is 0 Å². The van der Waals surface area contributed by atoms with E-state index in [1.165, 1.54) is 0 Å². The summed E-state index contributed by atoms with van der Waals surface area (Å²) in [4.78, 5) is 2.11. The Labute approximate surface area is 161 Å². The first-order valence-electron chi connectivity index (χ1n) is 8.19. The predicted molar refractivity (Wildman–Crippen MR) is 105 cm³/mol. The summed E-state index contributed by atoms with van der Waals surface area (Å²) >= 11 is 9.22. The van der Waals surface area contributed by atoms with Crippen molar-refractivity contribution in [3.05, 3.63) is 58.1 Å². The Kier molecular flexibility index (Phi) is 4.12. The molecule has 1 fully saturated rings. The molecule has 0 saturated carbocycles. The molecule has 0 amide bonds. The van der Waals surface area contributed by atoms with Gasteiger partial charge in [-0.3, -0.25) is 0 Å². The Bertz CT molecular complexity index is 844. The van der Waals surface area contributed by atoms with E-state index in [9.17, 15) is 0 Å². The Hall–Kier alpha value is -1.79. The van der Waals surface area contributed by atoms with Gasteiger partial charge in [0.2, 0.25) is 0 Å². The van der Waals surface area contributed by atoms with Crippen LogP contribution in [0.2, 0.25) is 0 Å². The van der Waals surface area contributed by atoms with Crippen molar-refractivity contribution in [2.24, 2.45) is 0 Å². The second kappa shape index (κ2) is 6.18. The summed E-state index contributed by atoms with van der Waals surface area (Å²) in [5, 5.41) is 4.18. The molecule has 0 unspecified atom stereocenters. The number of hydrogen-bond acceptors (Lipinski definition) is 3. The molecule has 2 aliphatic rings. The topological polar surface area (TPSA) is 33.7 Å². The first-order valence-corrected chi connectivity index (χ1v) is 9.39. The zero-order valence-corrected chi connectivity index (χ0v) is 16.5. The van der Waals surface area contributed by atoms with Crippen molar-refractivity contribution in [1.29, 1.82) is 0 Å². The average Bonchev–Trinajstić information content (AvgIpc) is 2.59. The first-order chi connectivity index (χ1) is 12.0. The normalized spacial score (nSPS) is 24.2. The number of nitrogens with one attached hydrogen (secondary N) is 1. The fourth-order valence-electron chi connectivity index (χ4n) is 3.63. The third-order valence-electron chi connectivity index (χ3n) is 4.89. The molecular formula is C19H19BrN2O2S. The van der Waals surface area contributed by atoms with Gasteiger partial charge < -0.3 is 19.7 Å². The fourth-order valence-corrected chi connectivity index (χ4v) is 4.41. The molecule has 2 aromatic carbocycles. The van der Waals surface area contributed by atoms with Crippen LogP contribution in [0.25, 0.3) is 0 Å². The van der Waals surface area contributed by atoms with Crippen LogP contribution in [0.1, 0.15) is 30.5 Å². The smallest absolute Gasteiger partial charge is 0.184 e. The molecule has 2 aliphatic heterocycles. The summed E-state index contributed by atoms with van der Waals surface area (Å²) in [5.41, 5.74) is 1.74. The van der Waals surface area contributed by atoms with E-state index in [1.54, 1.807) is 7.11 Å². The summed E-state index contributed by atoms with van der Waals surface area (Å²) in [7, 11) is 1.69. The van der Waals surface area contributed by atoms with Gasteiger partial charge in [0.05, 0.1) is 19.7 Å². The van der Waals surface area contributed by atoms with E-state index in [0.29, 0.717) is 11.7 Å². The zero-order valence-electron chi connectivity index (χ0n) is 14.1. The van der Waals surface area contributed by atoms with Crippen LogP contribution in [-0.4, -0.2) is 22.8 Å². The molecular weight excluding hydrogens is 400 g/mol. The molecule has 130 valence electrons. The largest absolute Gasteiger partial charge is 0.496 e. The fraction of sp³-hybridized carbons (Fsp3) is 0.316. The van der Waals surface area contributed by atoms with Crippen LogP contribution in [0, 0.1) is 0 Å². The second-order valence-corrected chi connectivity index (χ2v) is 7.87. The van der Waals surface area contributed by atoms with Crippen LogP contribution in [0.15, 0.2) is 46.9 Å². The maximum Gasteiger partial charge on any atom is 0.184 e. The van der Waals surface area contributed by atoms with Crippen LogP contribution < -0.4 is 14.8 Å². The van der Waals surface area contributed by atoms with Gasteiger partial charge in [-0.25, -0.2) is 0 Å². The van der Waals surface area contributed by atoms with E-state index in [4.69, 9.17) is 21.7 Å². The maximum absolute atomic E-state index is 6.41. The van der Waals surface area contributed by atoms with E-state index in [1.807, 2.05) is 30.3 Å². The van der Waals surface area contributed by atoms with Crippen LogP contribution in [0.4, 0.5) is 0 Å². The number of nitrogens with zero attached hydrogens (tertiary/aromatic N) is 1. The first kappa shape index (κ1) is 16.7. The highest BCUT2D eigenvalue weighted by Crippen LogP contribution is 2.45. The summed E-state index contributed by atoms with van der Waals surface area (Å²) in [6.07, 6.45) is 0.825. The van der Waals surface area contributed by atoms with Crippen LogP contribution in [0.3, 0.4) is 0 Å². The van der Waals surface area contributed by atoms with Crippen molar-refractivity contribution in [1.82, 2.24) is 10.2 Å². The lowest BCUT2D eigenvalue weighted by Crippen LogP contribution is -2.64. The van der Waals surface area contributed by atoms with Crippen molar-refractivity contribution in [2.45, 2.75) is 31.7 Å². The van der Waals surface area contributed by atoms with E-state index in [-0.39, 0.29) is 6.04 Å². The highest BCUT2D eigenvalue weighted by atomic mass is 79.9. The summed E-state index contributed by atoms with van der Waals surface area (Å²) < 4.78 is 12.9. The van der Waals surface area contributed by atoms with E-state index in [2.05, 4.69) is 45.2 Å². The van der Waals surface area contributed by atoms with Gasteiger partial charge in [0.25, 0.3) is 0 Å². The lowest BCUT2D eigenvalue weighted by Gasteiger charge is -2.52. The third kappa shape index (κ3) is 2.87. The lowest BCUT2D eigenvalue weighted by atomic mass is 9.90. The standard InChI is InChI=1S/C19H19BrN2O2S/c1-19-10-15(14-9-13(20)7-8-17(14)24-19)21-18(25)22(19)11-12-5-3-4-6-16(12)23-2/h3-9,15H,10-11H2,1-2H3,(H,21,25)/t15-,19+/m0/s1. The van der Waals surface area contributed by atoms with Crippen molar-refractivity contribution >= 4 is 33.3 Å². The van der Waals surface area contributed by atoms with Crippen LogP contribution >= 0.6 is 28.1 Å². The number of halogens is 1. The second-order valence-electron chi connectivity index (χ2n) is 6.56. The Morgan fingerprint density at radius 1 is 1.36 bits per heavy atom. The third-order valence-corrected chi connectivity index (χ3v) is 5.73. The molecule has 0 aliphatic carbocycles. The van der Waals surface area contributed by atoms with Gasteiger partial charge in [-0.2, -0.15) is 0 Å². The van der Waals surface area contributed by atoms with Gasteiger partial charge in [-0.1, -0.05) is 34.1 Å². The van der Waals surface area contributed by atoms with E-state index < -0.39 is 5.72 Å². The Morgan fingerprint density at radius 2 is 2.16 bits per heavy atom. The van der Waals surface area contributed by atoms with Crippen molar-refractivity contribution in [2.75, 3.05) is 7.11 Å². The quantitative estimate of drug-likeness (QED) is 0.747. The number of thiocarbonyl (C=S) groups is 1. The number of benzene rings is 2. The van der Waals surface area contributed by atoms with Crippen molar-refractivity contribution < 1.29 is 9.47 Å². The van der Waals surface area contributed by atoms with Gasteiger partial charge in [0.15, 0.2) is 10.8 Å². The minimum Gasteiger partial charge on any atom is -0.496 e. The molecule has 2 bridgehead atoms. The minimum absolute atomic E-state index is 0.160. The number of ether oxygens (including phenoxy) is 2.